The van der Waals surface area contributed by atoms with E-state index in [1.807, 2.05) is 29.8 Å². The van der Waals surface area contributed by atoms with Crippen molar-refractivity contribution in [1.82, 2.24) is 14.5 Å². The van der Waals surface area contributed by atoms with E-state index in [0.717, 1.165) is 23.4 Å². The van der Waals surface area contributed by atoms with Gasteiger partial charge in [-0.15, -0.1) is 0 Å². The highest BCUT2D eigenvalue weighted by Crippen LogP contribution is 2.38. The van der Waals surface area contributed by atoms with Crippen LogP contribution in [0.1, 0.15) is 31.0 Å². The quantitative estimate of drug-likeness (QED) is 0.670. The van der Waals surface area contributed by atoms with Gasteiger partial charge in [-0.2, -0.15) is 0 Å². The van der Waals surface area contributed by atoms with Crippen molar-refractivity contribution in [2.24, 2.45) is 5.41 Å². The van der Waals surface area contributed by atoms with E-state index < -0.39 is 5.97 Å². The monoisotopic (exact) mass is 367 g/mol. The third kappa shape index (κ3) is 3.14. The Bertz CT molecular complexity index is 1020. The van der Waals surface area contributed by atoms with E-state index in [1.54, 1.807) is 12.4 Å². The van der Waals surface area contributed by atoms with Gasteiger partial charge in [0.1, 0.15) is 5.52 Å². The Morgan fingerprint density at radius 2 is 2.19 bits per heavy atom. The molecule has 0 radical (unpaired) electrons. The molecule has 140 valence electrons. The van der Waals surface area contributed by atoms with Crippen molar-refractivity contribution >= 4 is 23.1 Å². The van der Waals surface area contributed by atoms with Gasteiger partial charge in [0.15, 0.2) is 12.0 Å². The van der Waals surface area contributed by atoms with Gasteiger partial charge in [-0.1, -0.05) is 13.0 Å². The Morgan fingerprint density at radius 1 is 1.37 bits per heavy atom. The van der Waals surface area contributed by atoms with Crippen molar-refractivity contribution in [1.29, 1.82) is 0 Å². The Labute approximate surface area is 156 Å². The first-order valence-electron chi connectivity index (χ1n) is 8.90. The summed E-state index contributed by atoms with van der Waals surface area (Å²) in [6.07, 6.45) is 8.05. The van der Waals surface area contributed by atoms with Crippen molar-refractivity contribution in [2.75, 3.05) is 13.2 Å². The van der Waals surface area contributed by atoms with Gasteiger partial charge >= 0.3 is 5.97 Å². The van der Waals surface area contributed by atoms with E-state index in [0.29, 0.717) is 36.3 Å². The number of rotatable bonds is 6. The first kappa shape index (κ1) is 17.5. The maximum absolute atomic E-state index is 11.8. The molecule has 0 amide bonds. The van der Waals surface area contributed by atoms with Gasteiger partial charge in [0.05, 0.1) is 30.9 Å². The van der Waals surface area contributed by atoms with Gasteiger partial charge in [0.25, 0.3) is 0 Å². The molecule has 0 saturated carbocycles. The number of ether oxygens (including phenoxy) is 1. The molecule has 1 fully saturated rings. The molecule has 7 nitrogen and oxygen atoms in total. The third-order valence-corrected chi connectivity index (χ3v) is 5.22. The molecule has 0 bridgehead atoms. The number of nitrogens with zero attached hydrogens (tertiary/aromatic N) is 3. The Balaban J connectivity index is 1.76. The van der Waals surface area contributed by atoms with E-state index in [-0.39, 0.29) is 5.41 Å². The van der Waals surface area contributed by atoms with Crippen LogP contribution in [-0.2, 0) is 9.53 Å². The van der Waals surface area contributed by atoms with Crippen LogP contribution in [-0.4, -0.2) is 38.8 Å². The van der Waals surface area contributed by atoms with E-state index in [4.69, 9.17) is 9.15 Å². The molecule has 2 aromatic heterocycles. The summed E-state index contributed by atoms with van der Waals surface area (Å²) in [7, 11) is 0. The Kier molecular flexibility index (Phi) is 4.31. The maximum atomic E-state index is 11.8. The SMILES string of the molecule is CCC1(C/C(=C\c2ccc(-n3cnc(C)c3)c3ocnc23)C(=O)O)COC1. The summed E-state index contributed by atoms with van der Waals surface area (Å²) in [4.78, 5) is 20.4. The second-order valence-electron chi connectivity index (χ2n) is 7.12. The molecule has 3 aromatic rings. The molecule has 0 spiro atoms. The smallest absolute Gasteiger partial charge is 0.331 e. The van der Waals surface area contributed by atoms with Gasteiger partial charge < -0.3 is 18.8 Å². The summed E-state index contributed by atoms with van der Waals surface area (Å²) in [5.74, 6) is -0.916. The van der Waals surface area contributed by atoms with Crippen LogP contribution in [0.5, 0.6) is 0 Å². The Morgan fingerprint density at radius 3 is 2.78 bits per heavy atom. The van der Waals surface area contributed by atoms with Crippen LogP contribution in [0.4, 0.5) is 0 Å². The largest absolute Gasteiger partial charge is 0.478 e. The van der Waals surface area contributed by atoms with Gasteiger partial charge in [0.2, 0.25) is 0 Å². The number of hydrogen-bond donors (Lipinski definition) is 1. The van der Waals surface area contributed by atoms with Crippen molar-refractivity contribution in [3.63, 3.8) is 0 Å². The lowest BCUT2D eigenvalue weighted by molar-refractivity contribution is -0.136. The van der Waals surface area contributed by atoms with Crippen LogP contribution in [0.15, 0.2) is 41.0 Å². The van der Waals surface area contributed by atoms with Crippen LogP contribution < -0.4 is 0 Å². The highest BCUT2D eigenvalue weighted by atomic mass is 16.5. The zero-order chi connectivity index (χ0) is 19.0. The molecule has 0 aliphatic carbocycles. The van der Waals surface area contributed by atoms with Gasteiger partial charge in [-0.05, 0) is 31.9 Å². The van der Waals surface area contributed by atoms with E-state index >= 15 is 0 Å². The van der Waals surface area contributed by atoms with E-state index in [1.165, 1.54) is 6.39 Å². The minimum absolute atomic E-state index is 0.0819. The average Bonchev–Trinajstić information content (AvgIpc) is 3.26. The normalized spacial score (nSPS) is 16.4. The van der Waals surface area contributed by atoms with Crippen LogP contribution in [0.25, 0.3) is 22.9 Å². The number of carbonyl (C=O) groups is 1. The molecule has 1 saturated heterocycles. The average molecular weight is 367 g/mol. The van der Waals surface area contributed by atoms with Crippen LogP contribution in [0.2, 0.25) is 0 Å². The number of aromatic nitrogens is 3. The van der Waals surface area contributed by atoms with Crippen LogP contribution >= 0.6 is 0 Å². The minimum atomic E-state index is -0.916. The molecule has 7 heteroatoms. The number of aliphatic carboxylic acids is 1. The first-order valence-corrected chi connectivity index (χ1v) is 8.90. The number of oxazole rings is 1. The lowest BCUT2D eigenvalue weighted by Gasteiger charge is -2.41. The van der Waals surface area contributed by atoms with E-state index in [2.05, 4.69) is 16.9 Å². The summed E-state index contributed by atoms with van der Waals surface area (Å²) >= 11 is 0. The summed E-state index contributed by atoms with van der Waals surface area (Å²) in [5.41, 5.74) is 3.94. The van der Waals surface area contributed by atoms with Gasteiger partial charge in [-0.25, -0.2) is 14.8 Å². The number of benzene rings is 1. The number of hydrogen-bond acceptors (Lipinski definition) is 5. The second-order valence-corrected chi connectivity index (χ2v) is 7.12. The molecular weight excluding hydrogens is 346 g/mol. The number of aryl methyl sites for hydroxylation is 1. The lowest BCUT2D eigenvalue weighted by atomic mass is 9.77. The molecule has 1 N–H and O–H groups in total. The van der Waals surface area contributed by atoms with Crippen molar-refractivity contribution < 1.29 is 19.1 Å². The molecule has 0 atom stereocenters. The van der Waals surface area contributed by atoms with E-state index in [9.17, 15) is 9.90 Å². The molecule has 0 unspecified atom stereocenters. The second kappa shape index (κ2) is 6.66. The predicted molar refractivity (Wildman–Crippen MR) is 99.6 cm³/mol. The summed E-state index contributed by atoms with van der Waals surface area (Å²) in [6.45, 7) is 5.19. The lowest BCUT2D eigenvalue weighted by Crippen LogP contribution is -2.42. The fourth-order valence-electron chi connectivity index (χ4n) is 3.43. The molecule has 3 heterocycles. The molecule has 27 heavy (non-hydrogen) atoms. The number of fused-ring (bicyclic) bond motifs is 1. The Hall–Kier alpha value is -2.93. The van der Waals surface area contributed by atoms with Crippen LogP contribution in [0.3, 0.4) is 0 Å². The maximum Gasteiger partial charge on any atom is 0.331 e. The molecule has 4 rings (SSSR count). The summed E-state index contributed by atoms with van der Waals surface area (Å²) in [5, 5.41) is 9.71. The standard InChI is InChI=1S/C20H21N3O4/c1-3-20(9-26-10-20)7-15(19(24)25)6-14-4-5-16(18-17(14)22-12-27-18)23-8-13(2)21-11-23/h4-6,8,11-12H,3,7,9-10H2,1-2H3,(H,24,25)/b15-6+. The molecular formula is C20H21N3O4. The summed E-state index contributed by atoms with van der Waals surface area (Å²) < 4.78 is 12.8. The van der Waals surface area contributed by atoms with Crippen LogP contribution in [0, 0.1) is 12.3 Å². The van der Waals surface area contributed by atoms with Gasteiger partial charge in [-0.3, -0.25) is 0 Å². The number of imidazole rings is 1. The molecule has 1 aliphatic rings. The van der Waals surface area contributed by atoms with Gasteiger partial charge in [0, 0.05) is 22.7 Å². The number of carboxylic acids is 1. The van der Waals surface area contributed by atoms with Crippen molar-refractivity contribution in [2.45, 2.75) is 26.7 Å². The zero-order valence-electron chi connectivity index (χ0n) is 15.3. The minimum Gasteiger partial charge on any atom is -0.478 e. The number of carboxylic acid groups (broad SMARTS) is 1. The van der Waals surface area contributed by atoms with Crippen molar-refractivity contribution in [3.05, 3.63) is 47.9 Å². The predicted octanol–water partition coefficient (Wildman–Crippen LogP) is 3.61. The van der Waals surface area contributed by atoms with Crippen molar-refractivity contribution in [3.8, 4) is 5.69 Å². The highest BCUT2D eigenvalue weighted by molar-refractivity contribution is 5.97. The summed E-state index contributed by atoms with van der Waals surface area (Å²) in [6, 6.07) is 3.76. The molecule has 1 aliphatic heterocycles. The molecule has 1 aromatic carbocycles. The highest BCUT2D eigenvalue weighted by Gasteiger charge is 2.38. The fraction of sp³-hybridized carbons (Fsp3) is 0.350. The fourth-order valence-corrected chi connectivity index (χ4v) is 3.43. The topological polar surface area (TPSA) is 90.4 Å². The first-order chi connectivity index (χ1) is 13.0. The third-order valence-electron chi connectivity index (χ3n) is 5.22. The zero-order valence-corrected chi connectivity index (χ0v) is 15.3.